The minimum Gasteiger partial charge on any atom is -1.00 e. The maximum Gasteiger partial charge on any atom is 0.257 e. The van der Waals surface area contributed by atoms with Crippen LogP contribution in [0.15, 0.2) is 24.5 Å². The molecular formula is C15H19IN2O. The van der Waals surface area contributed by atoms with Gasteiger partial charge < -0.3 is 29.3 Å². The molecule has 102 valence electrons. The molecule has 0 radical (unpaired) electrons. The highest BCUT2D eigenvalue weighted by atomic mass is 127. The molecule has 0 unspecified atom stereocenters. The molecule has 1 heterocycles. The van der Waals surface area contributed by atoms with Gasteiger partial charge in [-0.3, -0.25) is 4.79 Å². The Hall–Kier alpha value is -1.09. The van der Waals surface area contributed by atoms with E-state index < -0.39 is 0 Å². The molecule has 0 atom stereocenters. The molecule has 1 aliphatic carbocycles. The van der Waals surface area contributed by atoms with Gasteiger partial charge in [-0.25, -0.2) is 0 Å². The molecule has 1 aromatic rings. The maximum atomic E-state index is 12.1. The Labute approximate surface area is 131 Å². The van der Waals surface area contributed by atoms with Gasteiger partial charge in [-0.1, -0.05) is 19.3 Å². The topological polar surface area (TPSA) is 33.0 Å². The standard InChI is InChI=1S/C15H18N2O.HI/c1-2-10-17-11-6-7-13(12-17)15(18)16-14-8-4-3-5-9-14;/h1,6-7,11-12,14H,3-5,8-10H2;1H. The second-order valence-electron chi connectivity index (χ2n) is 4.78. The summed E-state index contributed by atoms with van der Waals surface area (Å²) in [5, 5.41) is 3.10. The van der Waals surface area contributed by atoms with Crippen molar-refractivity contribution in [3.05, 3.63) is 30.1 Å². The highest BCUT2D eigenvalue weighted by Gasteiger charge is 2.17. The molecule has 0 aromatic carbocycles. The maximum absolute atomic E-state index is 12.1. The Morgan fingerprint density at radius 2 is 2.16 bits per heavy atom. The van der Waals surface area contributed by atoms with Crippen LogP contribution in [0.1, 0.15) is 42.5 Å². The number of carbonyl (C=O) groups excluding carboxylic acids is 1. The summed E-state index contributed by atoms with van der Waals surface area (Å²) in [6.45, 7) is 0.491. The number of hydrogen-bond donors (Lipinski definition) is 1. The first-order valence-electron chi connectivity index (χ1n) is 6.53. The third kappa shape index (κ3) is 4.83. The van der Waals surface area contributed by atoms with Crippen LogP contribution < -0.4 is 33.9 Å². The van der Waals surface area contributed by atoms with E-state index >= 15 is 0 Å². The van der Waals surface area contributed by atoms with E-state index in [0.717, 1.165) is 12.8 Å². The van der Waals surface area contributed by atoms with Crippen molar-refractivity contribution >= 4 is 5.91 Å². The molecule has 1 saturated carbocycles. The summed E-state index contributed by atoms with van der Waals surface area (Å²) in [4.78, 5) is 12.1. The van der Waals surface area contributed by atoms with Gasteiger partial charge in [-0.2, -0.15) is 4.57 Å². The van der Waals surface area contributed by atoms with E-state index in [2.05, 4.69) is 11.2 Å². The van der Waals surface area contributed by atoms with E-state index in [1.54, 1.807) is 6.20 Å². The number of nitrogens with zero attached hydrogens (tertiary/aromatic N) is 1. The molecule has 0 aliphatic heterocycles. The van der Waals surface area contributed by atoms with Crippen molar-refractivity contribution in [3.63, 3.8) is 0 Å². The predicted octanol–water partition coefficient (Wildman–Crippen LogP) is -1.33. The molecule has 4 heteroatoms. The van der Waals surface area contributed by atoms with Crippen LogP contribution in [0, 0.1) is 12.3 Å². The predicted molar refractivity (Wildman–Crippen MR) is 69.8 cm³/mol. The number of nitrogens with one attached hydrogen (secondary N) is 1. The minimum atomic E-state index is 0. The minimum absolute atomic E-state index is 0. The Bertz CT molecular complexity index is 461. The number of aromatic nitrogens is 1. The van der Waals surface area contributed by atoms with E-state index in [4.69, 9.17) is 6.42 Å². The van der Waals surface area contributed by atoms with E-state index in [-0.39, 0.29) is 29.9 Å². The van der Waals surface area contributed by atoms with Crippen LogP contribution in [-0.4, -0.2) is 11.9 Å². The summed E-state index contributed by atoms with van der Waals surface area (Å²) in [6.07, 6.45) is 14.9. The van der Waals surface area contributed by atoms with Gasteiger partial charge in [0, 0.05) is 12.1 Å². The van der Waals surface area contributed by atoms with Gasteiger partial charge in [0.05, 0.1) is 0 Å². The summed E-state index contributed by atoms with van der Waals surface area (Å²) in [5.41, 5.74) is 0.679. The first-order valence-corrected chi connectivity index (χ1v) is 6.53. The zero-order chi connectivity index (χ0) is 12.8. The number of hydrogen-bond acceptors (Lipinski definition) is 1. The average Bonchev–Trinajstić information content (AvgIpc) is 2.40. The van der Waals surface area contributed by atoms with Gasteiger partial charge in [-0.15, -0.1) is 6.42 Å². The van der Waals surface area contributed by atoms with Crippen LogP contribution in [0.4, 0.5) is 0 Å². The van der Waals surface area contributed by atoms with E-state index in [0.29, 0.717) is 18.2 Å². The van der Waals surface area contributed by atoms with Crippen LogP contribution in [-0.2, 0) is 6.54 Å². The Kier molecular flexibility index (Phi) is 6.85. The summed E-state index contributed by atoms with van der Waals surface area (Å²) >= 11 is 0. The summed E-state index contributed by atoms with van der Waals surface area (Å²) in [5.74, 6) is 2.57. The van der Waals surface area contributed by atoms with Crippen LogP contribution in [0.5, 0.6) is 0 Å². The zero-order valence-electron chi connectivity index (χ0n) is 10.9. The molecule has 0 bridgehead atoms. The number of halogens is 1. The fraction of sp³-hybridized carbons (Fsp3) is 0.467. The fourth-order valence-corrected chi connectivity index (χ4v) is 2.38. The van der Waals surface area contributed by atoms with E-state index in [1.165, 1.54) is 19.3 Å². The normalized spacial score (nSPS) is 15.1. The molecule has 1 fully saturated rings. The number of carbonyl (C=O) groups is 1. The molecule has 1 aromatic heterocycles. The van der Waals surface area contributed by atoms with Crippen molar-refractivity contribution in [3.8, 4) is 12.3 Å². The van der Waals surface area contributed by atoms with Crippen molar-refractivity contribution in [2.75, 3.05) is 0 Å². The Balaban J connectivity index is 0.00000180. The van der Waals surface area contributed by atoms with Gasteiger partial charge in [0.1, 0.15) is 5.56 Å². The Morgan fingerprint density at radius 1 is 1.42 bits per heavy atom. The third-order valence-electron chi connectivity index (χ3n) is 3.33. The Morgan fingerprint density at radius 3 is 2.84 bits per heavy atom. The quantitative estimate of drug-likeness (QED) is 0.400. The van der Waals surface area contributed by atoms with Gasteiger partial charge in [0.2, 0.25) is 6.54 Å². The number of rotatable bonds is 3. The molecule has 1 N–H and O–H groups in total. The van der Waals surface area contributed by atoms with Gasteiger partial charge in [0.15, 0.2) is 12.4 Å². The van der Waals surface area contributed by atoms with Crippen molar-refractivity contribution < 1.29 is 33.3 Å². The lowest BCUT2D eigenvalue weighted by Crippen LogP contribution is -3.00. The summed E-state index contributed by atoms with van der Waals surface area (Å²) in [7, 11) is 0. The first kappa shape index (κ1) is 16.0. The van der Waals surface area contributed by atoms with Crippen LogP contribution in [0.2, 0.25) is 0 Å². The zero-order valence-corrected chi connectivity index (χ0v) is 13.1. The summed E-state index contributed by atoms with van der Waals surface area (Å²) < 4.78 is 1.84. The SMILES string of the molecule is C#CC[n+]1cccc(C(=O)NC2CCCCC2)c1.[I-]. The average molecular weight is 370 g/mol. The lowest BCUT2D eigenvalue weighted by molar-refractivity contribution is -0.684. The molecule has 1 amide bonds. The molecule has 3 nitrogen and oxygen atoms in total. The molecule has 2 rings (SSSR count). The lowest BCUT2D eigenvalue weighted by atomic mass is 9.95. The van der Waals surface area contributed by atoms with Crippen molar-refractivity contribution in [1.82, 2.24) is 5.32 Å². The number of amides is 1. The van der Waals surface area contributed by atoms with E-state index in [9.17, 15) is 4.79 Å². The first-order chi connectivity index (χ1) is 8.79. The molecule has 19 heavy (non-hydrogen) atoms. The third-order valence-corrected chi connectivity index (χ3v) is 3.33. The highest BCUT2D eigenvalue weighted by Crippen LogP contribution is 2.17. The van der Waals surface area contributed by atoms with Crippen molar-refractivity contribution in [2.45, 2.75) is 44.7 Å². The van der Waals surface area contributed by atoms with Crippen LogP contribution >= 0.6 is 0 Å². The summed E-state index contributed by atoms with van der Waals surface area (Å²) in [6, 6.07) is 4.02. The van der Waals surface area contributed by atoms with Gasteiger partial charge >= 0.3 is 0 Å². The van der Waals surface area contributed by atoms with E-state index in [1.807, 2.05) is 22.9 Å². The second kappa shape index (κ2) is 8.16. The number of pyridine rings is 1. The fourth-order valence-electron chi connectivity index (χ4n) is 2.38. The van der Waals surface area contributed by atoms with Crippen molar-refractivity contribution in [1.29, 1.82) is 0 Å². The molecule has 0 saturated heterocycles. The smallest absolute Gasteiger partial charge is 0.257 e. The van der Waals surface area contributed by atoms with Crippen LogP contribution in [0.3, 0.4) is 0 Å². The highest BCUT2D eigenvalue weighted by molar-refractivity contribution is 5.93. The lowest BCUT2D eigenvalue weighted by Gasteiger charge is -2.22. The van der Waals surface area contributed by atoms with Crippen molar-refractivity contribution in [2.24, 2.45) is 0 Å². The molecular weight excluding hydrogens is 351 g/mol. The van der Waals surface area contributed by atoms with Gasteiger partial charge in [0.25, 0.3) is 5.91 Å². The molecule has 1 aliphatic rings. The molecule has 0 spiro atoms. The monoisotopic (exact) mass is 370 g/mol. The van der Waals surface area contributed by atoms with Crippen LogP contribution in [0.25, 0.3) is 0 Å². The second-order valence-corrected chi connectivity index (χ2v) is 4.78. The number of terminal acetylenes is 1. The van der Waals surface area contributed by atoms with Gasteiger partial charge in [-0.05, 0) is 24.8 Å². The largest absolute Gasteiger partial charge is 1.00 e.